The van der Waals surface area contributed by atoms with Gasteiger partial charge in [-0.25, -0.2) is 0 Å². The molecular formula is C20H28N2. The fourth-order valence-electron chi connectivity index (χ4n) is 4.59. The zero-order chi connectivity index (χ0) is 14.9. The summed E-state index contributed by atoms with van der Waals surface area (Å²) in [7, 11) is 0. The van der Waals surface area contributed by atoms with Gasteiger partial charge in [-0.2, -0.15) is 0 Å². The molecule has 118 valence electrons. The summed E-state index contributed by atoms with van der Waals surface area (Å²) in [5.41, 5.74) is 2.92. The van der Waals surface area contributed by atoms with Crippen molar-refractivity contribution in [2.45, 2.75) is 26.3 Å². The van der Waals surface area contributed by atoms with Crippen LogP contribution in [0.25, 0.3) is 0 Å². The molecule has 0 N–H and O–H groups in total. The van der Waals surface area contributed by atoms with E-state index in [2.05, 4.69) is 53.1 Å². The Bertz CT molecular complexity index is 542. The van der Waals surface area contributed by atoms with Crippen LogP contribution in [-0.4, -0.2) is 42.5 Å². The van der Waals surface area contributed by atoms with Crippen LogP contribution in [0.3, 0.4) is 0 Å². The topological polar surface area (TPSA) is 6.48 Å². The van der Waals surface area contributed by atoms with Crippen molar-refractivity contribution >= 4 is 0 Å². The number of hydrogen-bond donors (Lipinski definition) is 0. The van der Waals surface area contributed by atoms with Crippen LogP contribution < -0.4 is 0 Å². The molecule has 1 saturated heterocycles. The lowest BCUT2D eigenvalue weighted by molar-refractivity contribution is 0.108. The number of fused-ring (bicyclic) bond motifs is 2. The first kappa shape index (κ1) is 14.5. The maximum atomic E-state index is 2.72. The molecule has 1 heterocycles. The maximum absolute atomic E-state index is 2.72. The third kappa shape index (κ3) is 3.00. The second kappa shape index (κ2) is 6.17. The standard InChI is InChI=1S/C20H28N2/c1-16-4-2-3-5-19(16)14-21-8-10-22(11-9-21)15-20-13-17-6-7-18(20)12-17/h2-7,17-18,20H,8-15H2,1H3/t17-,18-,20+/m0/s1. The van der Waals surface area contributed by atoms with Gasteiger partial charge >= 0.3 is 0 Å². The highest BCUT2D eigenvalue weighted by Crippen LogP contribution is 2.43. The highest BCUT2D eigenvalue weighted by molar-refractivity contribution is 5.25. The fourth-order valence-corrected chi connectivity index (χ4v) is 4.59. The van der Waals surface area contributed by atoms with Crippen LogP contribution in [0.2, 0.25) is 0 Å². The summed E-state index contributed by atoms with van der Waals surface area (Å²) in [6, 6.07) is 8.82. The van der Waals surface area contributed by atoms with Crippen LogP contribution in [0.15, 0.2) is 36.4 Å². The Morgan fingerprint density at radius 3 is 2.41 bits per heavy atom. The molecule has 0 radical (unpaired) electrons. The summed E-state index contributed by atoms with van der Waals surface area (Å²) in [6.07, 6.45) is 7.84. The van der Waals surface area contributed by atoms with Gasteiger partial charge in [-0.3, -0.25) is 4.90 Å². The monoisotopic (exact) mass is 296 g/mol. The Morgan fingerprint density at radius 2 is 1.73 bits per heavy atom. The zero-order valence-electron chi connectivity index (χ0n) is 13.7. The molecule has 2 bridgehead atoms. The first-order valence-electron chi connectivity index (χ1n) is 8.95. The minimum absolute atomic E-state index is 0.898. The summed E-state index contributed by atoms with van der Waals surface area (Å²) in [5.74, 6) is 2.75. The number of benzene rings is 1. The van der Waals surface area contributed by atoms with E-state index < -0.39 is 0 Å². The molecule has 0 amide bonds. The van der Waals surface area contributed by atoms with E-state index in [-0.39, 0.29) is 0 Å². The van der Waals surface area contributed by atoms with E-state index in [0.717, 1.165) is 24.3 Å². The second-order valence-electron chi connectivity index (χ2n) is 7.54. The first-order valence-corrected chi connectivity index (χ1v) is 8.95. The van der Waals surface area contributed by atoms with Crippen molar-refractivity contribution in [1.29, 1.82) is 0 Å². The molecular weight excluding hydrogens is 268 g/mol. The van der Waals surface area contributed by atoms with Crippen molar-refractivity contribution in [1.82, 2.24) is 9.80 Å². The van der Waals surface area contributed by atoms with Gasteiger partial charge in [0.2, 0.25) is 0 Å². The molecule has 2 fully saturated rings. The number of piperazine rings is 1. The van der Waals surface area contributed by atoms with Crippen LogP contribution in [0, 0.1) is 24.7 Å². The molecule has 3 atom stereocenters. The van der Waals surface area contributed by atoms with E-state index in [4.69, 9.17) is 0 Å². The van der Waals surface area contributed by atoms with Crippen molar-refractivity contribution in [3.8, 4) is 0 Å². The number of nitrogens with zero attached hydrogens (tertiary/aromatic N) is 2. The molecule has 1 aromatic carbocycles. The van der Waals surface area contributed by atoms with Crippen LogP contribution in [-0.2, 0) is 6.54 Å². The molecule has 4 rings (SSSR count). The number of aryl methyl sites for hydroxylation is 1. The highest BCUT2D eigenvalue weighted by Gasteiger charge is 2.36. The van der Waals surface area contributed by atoms with Crippen LogP contribution in [0.5, 0.6) is 0 Å². The average molecular weight is 296 g/mol. The summed E-state index contributed by atoms with van der Waals surface area (Å²) in [5, 5.41) is 0. The Labute approximate surface area is 134 Å². The molecule has 2 heteroatoms. The van der Waals surface area contributed by atoms with Gasteiger partial charge in [0.1, 0.15) is 0 Å². The molecule has 3 aliphatic rings. The lowest BCUT2D eigenvalue weighted by Crippen LogP contribution is -2.47. The largest absolute Gasteiger partial charge is 0.300 e. The minimum atomic E-state index is 0.898. The summed E-state index contributed by atoms with van der Waals surface area (Å²) in [6.45, 7) is 9.65. The molecule has 0 spiro atoms. The molecule has 2 aliphatic carbocycles. The number of allylic oxidation sites excluding steroid dienone is 2. The second-order valence-corrected chi connectivity index (χ2v) is 7.54. The van der Waals surface area contributed by atoms with E-state index in [9.17, 15) is 0 Å². The normalized spacial score (nSPS) is 32.0. The van der Waals surface area contributed by atoms with Gasteiger partial charge in [-0.05, 0) is 48.6 Å². The first-order chi connectivity index (χ1) is 10.8. The molecule has 0 aromatic heterocycles. The maximum Gasteiger partial charge on any atom is 0.0237 e. The fraction of sp³-hybridized carbons (Fsp3) is 0.600. The van der Waals surface area contributed by atoms with Gasteiger partial charge in [0.05, 0.1) is 0 Å². The number of hydrogen-bond acceptors (Lipinski definition) is 2. The van der Waals surface area contributed by atoms with Crippen LogP contribution in [0.1, 0.15) is 24.0 Å². The van der Waals surface area contributed by atoms with Gasteiger partial charge in [-0.1, -0.05) is 36.4 Å². The average Bonchev–Trinajstić information content (AvgIpc) is 3.14. The van der Waals surface area contributed by atoms with E-state index in [1.165, 1.54) is 56.7 Å². The Hall–Kier alpha value is -1.12. The Balaban J connectivity index is 1.26. The molecule has 0 unspecified atom stereocenters. The van der Waals surface area contributed by atoms with E-state index in [1.807, 2.05) is 0 Å². The Kier molecular flexibility index (Phi) is 4.06. The Morgan fingerprint density at radius 1 is 0.955 bits per heavy atom. The van der Waals surface area contributed by atoms with Crippen molar-refractivity contribution in [3.63, 3.8) is 0 Å². The predicted molar refractivity (Wildman–Crippen MR) is 91.7 cm³/mol. The van der Waals surface area contributed by atoms with Crippen molar-refractivity contribution in [2.24, 2.45) is 17.8 Å². The van der Waals surface area contributed by atoms with Gasteiger partial charge in [0.15, 0.2) is 0 Å². The molecule has 1 aromatic rings. The lowest BCUT2D eigenvalue weighted by atomic mass is 9.93. The number of rotatable bonds is 4. The van der Waals surface area contributed by atoms with Gasteiger partial charge in [-0.15, -0.1) is 0 Å². The predicted octanol–water partition coefficient (Wildman–Crippen LogP) is 3.32. The molecule has 2 nitrogen and oxygen atoms in total. The van der Waals surface area contributed by atoms with E-state index >= 15 is 0 Å². The summed E-state index contributed by atoms with van der Waals surface area (Å²) >= 11 is 0. The third-order valence-corrected chi connectivity index (χ3v) is 6.03. The summed E-state index contributed by atoms with van der Waals surface area (Å²) in [4.78, 5) is 5.34. The van der Waals surface area contributed by atoms with Gasteiger partial charge in [0, 0.05) is 39.3 Å². The van der Waals surface area contributed by atoms with Crippen molar-refractivity contribution in [3.05, 3.63) is 47.5 Å². The third-order valence-electron chi connectivity index (χ3n) is 6.03. The molecule has 22 heavy (non-hydrogen) atoms. The smallest absolute Gasteiger partial charge is 0.0237 e. The highest BCUT2D eigenvalue weighted by atomic mass is 15.3. The van der Waals surface area contributed by atoms with Gasteiger partial charge < -0.3 is 4.90 Å². The zero-order valence-corrected chi connectivity index (χ0v) is 13.7. The van der Waals surface area contributed by atoms with Crippen LogP contribution in [0.4, 0.5) is 0 Å². The molecule has 1 aliphatic heterocycles. The quantitative estimate of drug-likeness (QED) is 0.786. The van der Waals surface area contributed by atoms with Crippen molar-refractivity contribution in [2.75, 3.05) is 32.7 Å². The van der Waals surface area contributed by atoms with Crippen LogP contribution >= 0.6 is 0 Å². The van der Waals surface area contributed by atoms with Crippen molar-refractivity contribution < 1.29 is 0 Å². The SMILES string of the molecule is Cc1ccccc1CN1CCN(C[C@H]2C[C@H]3C=C[C@H]2C3)CC1. The minimum Gasteiger partial charge on any atom is -0.300 e. The van der Waals surface area contributed by atoms with Gasteiger partial charge in [0.25, 0.3) is 0 Å². The lowest BCUT2D eigenvalue weighted by Gasteiger charge is -2.37. The van der Waals surface area contributed by atoms with E-state index in [0.29, 0.717) is 0 Å². The van der Waals surface area contributed by atoms with E-state index in [1.54, 1.807) is 0 Å². The molecule has 1 saturated carbocycles. The summed E-state index contributed by atoms with van der Waals surface area (Å²) < 4.78 is 0.